The highest BCUT2D eigenvalue weighted by Crippen LogP contribution is 2.38. The Bertz CT molecular complexity index is 1390. The van der Waals surface area contributed by atoms with Crippen LogP contribution in [0.15, 0.2) is 42.5 Å². The number of carbonyl (C=O) groups is 1. The van der Waals surface area contributed by atoms with Gasteiger partial charge in [-0.15, -0.1) is 11.3 Å². The van der Waals surface area contributed by atoms with Gasteiger partial charge in [0.25, 0.3) is 5.91 Å². The Balaban J connectivity index is 1.47. The molecule has 176 valence electrons. The van der Waals surface area contributed by atoms with Crippen LogP contribution in [0.25, 0.3) is 21.0 Å². The quantitative estimate of drug-likeness (QED) is 0.190. The van der Waals surface area contributed by atoms with Crippen molar-refractivity contribution in [3.05, 3.63) is 69.7 Å². The number of H-pyrrole nitrogens is 1. The van der Waals surface area contributed by atoms with Gasteiger partial charge in [-0.3, -0.25) is 10.2 Å². The molecular formula is C27H31N5OS. The number of amides is 1. The van der Waals surface area contributed by atoms with Crippen molar-refractivity contribution in [2.75, 3.05) is 6.54 Å². The van der Waals surface area contributed by atoms with Crippen LogP contribution in [0.2, 0.25) is 0 Å². The van der Waals surface area contributed by atoms with E-state index in [9.17, 15) is 4.79 Å². The van der Waals surface area contributed by atoms with E-state index in [4.69, 9.17) is 16.9 Å². The first-order valence-electron chi connectivity index (χ1n) is 11.9. The van der Waals surface area contributed by atoms with Crippen molar-refractivity contribution < 1.29 is 4.79 Å². The third-order valence-corrected chi connectivity index (χ3v) is 8.51. The lowest BCUT2D eigenvalue weighted by atomic mass is 9.83. The minimum atomic E-state index is -0.338. The molecule has 4 aromatic rings. The number of hydrogen-bond donors (Lipinski definition) is 5. The minimum absolute atomic E-state index is 0.0686. The Morgan fingerprint density at radius 3 is 2.68 bits per heavy atom. The van der Waals surface area contributed by atoms with Crippen molar-refractivity contribution in [3.8, 4) is 0 Å². The summed E-state index contributed by atoms with van der Waals surface area (Å²) >= 11 is 1.51. The van der Waals surface area contributed by atoms with Gasteiger partial charge < -0.3 is 21.8 Å². The van der Waals surface area contributed by atoms with E-state index in [2.05, 4.69) is 35.4 Å². The molecule has 6 nitrogen and oxygen atoms in total. The van der Waals surface area contributed by atoms with Crippen molar-refractivity contribution in [1.82, 2.24) is 10.3 Å². The lowest BCUT2D eigenvalue weighted by Gasteiger charge is -2.30. The molecule has 3 heterocycles. The van der Waals surface area contributed by atoms with Crippen molar-refractivity contribution in [2.45, 2.75) is 51.0 Å². The number of aryl methyl sites for hydroxylation is 2. The van der Waals surface area contributed by atoms with E-state index < -0.39 is 0 Å². The predicted octanol–water partition coefficient (Wildman–Crippen LogP) is 4.63. The Kier molecular flexibility index (Phi) is 5.91. The first-order chi connectivity index (χ1) is 16.4. The zero-order valence-corrected chi connectivity index (χ0v) is 20.3. The van der Waals surface area contributed by atoms with E-state index in [0.29, 0.717) is 4.88 Å². The van der Waals surface area contributed by atoms with Gasteiger partial charge in [-0.1, -0.05) is 37.3 Å². The zero-order valence-electron chi connectivity index (χ0n) is 19.5. The largest absolute Gasteiger partial charge is 0.384 e. The normalized spacial score (nSPS) is 18.1. The lowest BCUT2D eigenvalue weighted by Crippen LogP contribution is -2.42. The Morgan fingerprint density at radius 1 is 1.15 bits per heavy atom. The number of primary amides is 1. The number of carbonyl (C=O) groups excluding carboxylic acids is 1. The van der Waals surface area contributed by atoms with E-state index in [0.717, 1.165) is 71.8 Å². The Hall–Kier alpha value is -3.16. The molecule has 0 aliphatic carbocycles. The van der Waals surface area contributed by atoms with Crippen LogP contribution < -0.4 is 16.8 Å². The first-order valence-corrected chi connectivity index (χ1v) is 12.8. The molecule has 1 aliphatic rings. The molecule has 1 amide bonds. The van der Waals surface area contributed by atoms with Crippen LogP contribution in [0.1, 0.15) is 58.2 Å². The second kappa shape index (κ2) is 8.89. The molecule has 1 atom stereocenters. The van der Waals surface area contributed by atoms with Crippen LogP contribution in [0.3, 0.4) is 0 Å². The van der Waals surface area contributed by atoms with Gasteiger partial charge in [0.05, 0.1) is 4.88 Å². The number of rotatable bonds is 8. The van der Waals surface area contributed by atoms with Crippen LogP contribution in [0.5, 0.6) is 0 Å². The standard InChI is InChI=1S/C27H31N5OS/c1-2-17-18-9-8-16(25(28)29)14-22(18)32-21(17)10-12-27(11-5-13-31-27)15-20-19-6-3-4-7-23(19)34-24(20)26(30)33/h3-4,6-9,14,31-32H,2,5,10-13,15H2,1H3,(H3,28,29)(H2,30,33)/t27-/m0/s1. The molecule has 1 saturated heterocycles. The summed E-state index contributed by atoms with van der Waals surface area (Å²) < 4.78 is 1.12. The molecule has 0 spiro atoms. The van der Waals surface area contributed by atoms with Crippen molar-refractivity contribution in [1.29, 1.82) is 5.41 Å². The molecule has 0 radical (unpaired) electrons. The molecule has 0 unspecified atom stereocenters. The summed E-state index contributed by atoms with van der Waals surface area (Å²) in [5, 5.41) is 13.9. The average Bonchev–Trinajstić information content (AvgIpc) is 3.53. The molecule has 1 fully saturated rings. The predicted molar refractivity (Wildman–Crippen MR) is 141 cm³/mol. The van der Waals surface area contributed by atoms with Crippen molar-refractivity contribution in [3.63, 3.8) is 0 Å². The molecule has 2 aromatic carbocycles. The van der Waals surface area contributed by atoms with E-state index in [1.165, 1.54) is 28.0 Å². The fourth-order valence-corrected chi connectivity index (χ4v) is 6.67. The fraction of sp³-hybridized carbons (Fsp3) is 0.333. The maximum absolute atomic E-state index is 12.3. The third-order valence-electron chi connectivity index (χ3n) is 7.28. The number of nitrogens with two attached hydrogens (primary N) is 2. The summed E-state index contributed by atoms with van der Waals surface area (Å²) in [4.78, 5) is 16.6. The number of aromatic amines is 1. The molecule has 0 bridgehead atoms. The number of thiophene rings is 1. The van der Waals surface area contributed by atoms with Crippen molar-refractivity contribution >= 4 is 44.1 Å². The highest BCUT2D eigenvalue weighted by molar-refractivity contribution is 7.21. The highest BCUT2D eigenvalue weighted by atomic mass is 32.1. The third kappa shape index (κ3) is 3.99. The van der Waals surface area contributed by atoms with Crippen molar-refractivity contribution in [2.24, 2.45) is 11.5 Å². The molecule has 7 N–H and O–H groups in total. The monoisotopic (exact) mass is 473 g/mol. The summed E-state index contributed by atoms with van der Waals surface area (Å²) in [5.41, 5.74) is 16.9. The maximum Gasteiger partial charge on any atom is 0.259 e. The number of fused-ring (bicyclic) bond motifs is 2. The fourth-order valence-electron chi connectivity index (χ4n) is 5.59. The van der Waals surface area contributed by atoms with Gasteiger partial charge in [0.2, 0.25) is 0 Å². The summed E-state index contributed by atoms with van der Waals surface area (Å²) in [7, 11) is 0. The van der Waals surface area contributed by atoms with Crippen LogP contribution in [-0.4, -0.2) is 28.8 Å². The highest BCUT2D eigenvalue weighted by Gasteiger charge is 2.35. The minimum Gasteiger partial charge on any atom is -0.384 e. The number of nitrogens with one attached hydrogen (secondary N) is 3. The first kappa shape index (κ1) is 22.6. The van der Waals surface area contributed by atoms with Gasteiger partial charge in [-0.25, -0.2) is 0 Å². The molecule has 5 rings (SSSR count). The summed E-state index contributed by atoms with van der Waals surface area (Å²) in [6.45, 7) is 3.18. The Labute approximate surface area is 203 Å². The van der Waals surface area contributed by atoms with Gasteiger partial charge in [-0.2, -0.15) is 0 Å². The van der Waals surface area contributed by atoms with E-state index >= 15 is 0 Å². The van der Waals surface area contributed by atoms with E-state index in [1.807, 2.05) is 24.3 Å². The van der Waals surface area contributed by atoms with Gasteiger partial charge in [-0.05, 0) is 73.7 Å². The molecule has 34 heavy (non-hydrogen) atoms. The lowest BCUT2D eigenvalue weighted by molar-refractivity contribution is 0.100. The van der Waals surface area contributed by atoms with Crippen LogP contribution in [0, 0.1) is 5.41 Å². The molecular weight excluding hydrogens is 442 g/mol. The molecule has 2 aromatic heterocycles. The van der Waals surface area contributed by atoms with Crippen LogP contribution >= 0.6 is 11.3 Å². The maximum atomic E-state index is 12.3. The van der Waals surface area contributed by atoms with Crippen LogP contribution in [-0.2, 0) is 19.3 Å². The van der Waals surface area contributed by atoms with E-state index in [-0.39, 0.29) is 17.3 Å². The summed E-state index contributed by atoms with van der Waals surface area (Å²) in [6, 6.07) is 14.2. The summed E-state index contributed by atoms with van der Waals surface area (Å²) in [6.07, 6.45) is 5.82. The zero-order chi connectivity index (χ0) is 23.9. The number of hydrogen-bond acceptors (Lipinski definition) is 4. The smallest absolute Gasteiger partial charge is 0.259 e. The Morgan fingerprint density at radius 2 is 1.97 bits per heavy atom. The number of aromatic nitrogens is 1. The number of benzene rings is 2. The van der Waals surface area contributed by atoms with Crippen LogP contribution in [0.4, 0.5) is 0 Å². The summed E-state index contributed by atoms with van der Waals surface area (Å²) in [5.74, 6) is -0.257. The second-order valence-electron chi connectivity index (χ2n) is 9.37. The number of nitrogen functional groups attached to an aromatic ring is 1. The van der Waals surface area contributed by atoms with Gasteiger partial charge in [0.15, 0.2) is 0 Å². The van der Waals surface area contributed by atoms with Gasteiger partial charge in [0, 0.05) is 32.4 Å². The average molecular weight is 474 g/mol. The number of amidine groups is 1. The molecule has 1 aliphatic heterocycles. The van der Waals surface area contributed by atoms with Gasteiger partial charge in [0.1, 0.15) is 5.84 Å². The van der Waals surface area contributed by atoms with Gasteiger partial charge >= 0.3 is 0 Å². The molecule has 7 heteroatoms. The topological polar surface area (TPSA) is 121 Å². The SMILES string of the molecule is CCc1c(CC[C@]2(Cc3c(C(N)=O)sc4ccccc34)CCCN2)[nH]c2cc(C(=N)N)ccc12. The second-order valence-corrected chi connectivity index (χ2v) is 10.4. The van der Waals surface area contributed by atoms with E-state index in [1.54, 1.807) is 0 Å². The molecule has 0 saturated carbocycles.